The van der Waals surface area contributed by atoms with Crippen molar-refractivity contribution in [2.24, 2.45) is 0 Å². The Kier molecular flexibility index (Phi) is 6.32. The molecule has 2 aromatic carbocycles. The van der Waals surface area contributed by atoms with Crippen LogP contribution in [0.15, 0.2) is 47.3 Å². The van der Waals surface area contributed by atoms with E-state index >= 15 is 0 Å². The first kappa shape index (κ1) is 20.8. The Labute approximate surface area is 179 Å². The molecule has 2 N–H and O–H groups in total. The van der Waals surface area contributed by atoms with Crippen molar-refractivity contribution < 1.29 is 14.6 Å². The number of aliphatic hydroxyl groups is 1. The van der Waals surface area contributed by atoms with Gasteiger partial charge in [0.2, 0.25) is 0 Å². The number of benzene rings is 2. The molecule has 8 heteroatoms. The maximum Gasteiger partial charge on any atom is 0.326 e. The zero-order chi connectivity index (χ0) is 21.1. The Morgan fingerprint density at radius 1 is 1.20 bits per heavy atom. The number of methoxy groups -OCH3 is 1. The summed E-state index contributed by atoms with van der Waals surface area (Å²) in [7, 11) is 1.59. The third-order valence-electron chi connectivity index (χ3n) is 5.57. The molecule has 1 aromatic heterocycles. The van der Waals surface area contributed by atoms with Gasteiger partial charge in [-0.05, 0) is 43.2 Å². The van der Waals surface area contributed by atoms with Gasteiger partial charge in [0, 0.05) is 30.7 Å². The average molecular weight is 432 g/mol. The summed E-state index contributed by atoms with van der Waals surface area (Å²) >= 11 is 6.04. The van der Waals surface area contributed by atoms with Gasteiger partial charge in [0.15, 0.2) is 11.5 Å². The van der Waals surface area contributed by atoms with Crippen LogP contribution in [0, 0.1) is 0 Å². The molecule has 0 saturated carbocycles. The summed E-state index contributed by atoms with van der Waals surface area (Å²) in [4.78, 5) is 17.6. The molecule has 0 radical (unpaired) electrons. The molecule has 1 aliphatic heterocycles. The van der Waals surface area contributed by atoms with Crippen LogP contribution < -0.4 is 15.2 Å². The topological polar surface area (TPSA) is 79.7 Å². The van der Waals surface area contributed by atoms with E-state index < -0.39 is 6.10 Å². The van der Waals surface area contributed by atoms with E-state index in [2.05, 4.69) is 9.88 Å². The average Bonchev–Trinajstić information content (AvgIpc) is 3.07. The fourth-order valence-corrected chi connectivity index (χ4v) is 4.27. The lowest BCUT2D eigenvalue weighted by Gasteiger charge is -2.33. The van der Waals surface area contributed by atoms with Crippen molar-refractivity contribution in [3.05, 3.63) is 58.0 Å². The van der Waals surface area contributed by atoms with Crippen LogP contribution in [0.3, 0.4) is 0 Å². The third-order valence-corrected chi connectivity index (χ3v) is 5.81. The van der Waals surface area contributed by atoms with E-state index in [1.807, 2.05) is 34.9 Å². The zero-order valence-electron chi connectivity index (χ0n) is 16.9. The van der Waals surface area contributed by atoms with E-state index in [0.717, 1.165) is 37.0 Å². The minimum Gasteiger partial charge on any atom is -0.493 e. The van der Waals surface area contributed by atoms with Gasteiger partial charge in [0.1, 0.15) is 12.7 Å². The smallest absolute Gasteiger partial charge is 0.326 e. The molecule has 4 rings (SSSR count). The number of para-hydroxylation sites is 2. The summed E-state index contributed by atoms with van der Waals surface area (Å²) in [6.45, 7) is 2.34. The van der Waals surface area contributed by atoms with Crippen molar-refractivity contribution in [2.75, 3.05) is 33.4 Å². The monoisotopic (exact) mass is 431 g/mol. The number of hydrogen-bond acceptors (Lipinski definition) is 5. The standard InChI is InChI=1S/C22H26ClN3O4/c1-29-20-4-2-3-5-21(20)30-14-17(27)13-25-10-8-16(9-11-25)26-19-7-6-15(23)12-18(19)24-22(26)28/h2-7,12,16-17,27H,8-11,13-14H2,1H3,(H,24,28). The fourth-order valence-electron chi connectivity index (χ4n) is 4.10. The van der Waals surface area contributed by atoms with Gasteiger partial charge in [-0.1, -0.05) is 23.7 Å². The number of aliphatic hydroxyl groups excluding tert-OH is 1. The van der Waals surface area contributed by atoms with Gasteiger partial charge in [-0.25, -0.2) is 4.79 Å². The Morgan fingerprint density at radius 3 is 2.67 bits per heavy atom. The molecule has 1 atom stereocenters. The molecular formula is C22H26ClN3O4. The number of β-amino-alcohol motifs (C(OH)–C–C–N with tert-alkyl or cyclic N) is 1. The second kappa shape index (κ2) is 9.12. The van der Waals surface area contributed by atoms with E-state index in [1.165, 1.54) is 0 Å². The van der Waals surface area contributed by atoms with Gasteiger partial charge in [0.05, 0.1) is 18.1 Å². The maximum absolute atomic E-state index is 12.5. The van der Waals surface area contributed by atoms with E-state index in [-0.39, 0.29) is 18.3 Å². The lowest BCUT2D eigenvalue weighted by molar-refractivity contribution is 0.0551. The quantitative estimate of drug-likeness (QED) is 0.601. The Hall–Kier alpha value is -2.48. The van der Waals surface area contributed by atoms with Crippen molar-refractivity contribution in [2.45, 2.75) is 25.0 Å². The first-order valence-electron chi connectivity index (χ1n) is 10.1. The molecule has 1 saturated heterocycles. The molecule has 0 spiro atoms. The lowest BCUT2D eigenvalue weighted by Crippen LogP contribution is -2.42. The number of ether oxygens (including phenoxy) is 2. The summed E-state index contributed by atoms with van der Waals surface area (Å²) < 4.78 is 12.8. The lowest BCUT2D eigenvalue weighted by atomic mass is 10.0. The van der Waals surface area contributed by atoms with Crippen LogP contribution in [-0.2, 0) is 0 Å². The number of H-pyrrole nitrogens is 1. The molecular weight excluding hydrogens is 406 g/mol. The van der Waals surface area contributed by atoms with Crippen molar-refractivity contribution in [1.29, 1.82) is 0 Å². The van der Waals surface area contributed by atoms with Crippen LogP contribution in [-0.4, -0.2) is 59.0 Å². The second-order valence-electron chi connectivity index (χ2n) is 7.61. The second-order valence-corrected chi connectivity index (χ2v) is 8.05. The summed E-state index contributed by atoms with van der Waals surface area (Å²) in [5, 5.41) is 11.0. The number of nitrogens with zero attached hydrogens (tertiary/aromatic N) is 2. The molecule has 7 nitrogen and oxygen atoms in total. The summed E-state index contributed by atoms with van der Waals surface area (Å²) in [6.07, 6.45) is 1.08. The summed E-state index contributed by atoms with van der Waals surface area (Å²) in [5.41, 5.74) is 1.54. The minimum absolute atomic E-state index is 0.101. The molecule has 2 heterocycles. The number of likely N-dealkylation sites (tertiary alicyclic amines) is 1. The van der Waals surface area contributed by atoms with Crippen LogP contribution in [0.5, 0.6) is 11.5 Å². The number of halogens is 1. The predicted molar refractivity (Wildman–Crippen MR) is 117 cm³/mol. The van der Waals surface area contributed by atoms with E-state index in [9.17, 15) is 9.90 Å². The Morgan fingerprint density at radius 2 is 1.93 bits per heavy atom. The number of imidazole rings is 1. The van der Waals surface area contributed by atoms with E-state index in [1.54, 1.807) is 19.2 Å². The molecule has 0 amide bonds. The summed E-state index contributed by atoms with van der Waals surface area (Å²) in [6, 6.07) is 13.0. The van der Waals surface area contributed by atoms with Crippen molar-refractivity contribution >= 4 is 22.6 Å². The highest BCUT2D eigenvalue weighted by molar-refractivity contribution is 6.31. The van der Waals surface area contributed by atoms with Crippen molar-refractivity contribution in [3.63, 3.8) is 0 Å². The SMILES string of the molecule is COc1ccccc1OCC(O)CN1CCC(n2c(=O)[nH]c3cc(Cl)ccc32)CC1. The molecule has 0 bridgehead atoms. The van der Waals surface area contributed by atoms with E-state index in [0.29, 0.717) is 23.1 Å². The highest BCUT2D eigenvalue weighted by Crippen LogP contribution is 2.27. The minimum atomic E-state index is -0.607. The van der Waals surface area contributed by atoms with Crippen LogP contribution in [0.1, 0.15) is 18.9 Å². The van der Waals surface area contributed by atoms with Crippen molar-refractivity contribution in [3.8, 4) is 11.5 Å². The van der Waals surface area contributed by atoms with Gasteiger partial charge in [-0.2, -0.15) is 0 Å². The van der Waals surface area contributed by atoms with Crippen LogP contribution >= 0.6 is 11.6 Å². The zero-order valence-corrected chi connectivity index (χ0v) is 17.6. The first-order chi connectivity index (χ1) is 14.5. The van der Waals surface area contributed by atoms with Gasteiger partial charge in [0.25, 0.3) is 0 Å². The largest absolute Gasteiger partial charge is 0.493 e. The fraction of sp³-hybridized carbons (Fsp3) is 0.409. The first-order valence-corrected chi connectivity index (χ1v) is 10.5. The number of aromatic amines is 1. The van der Waals surface area contributed by atoms with Crippen LogP contribution in [0.4, 0.5) is 0 Å². The molecule has 160 valence electrons. The number of piperidine rings is 1. The Bertz CT molecular complexity index is 1060. The Balaban J connectivity index is 1.32. The maximum atomic E-state index is 12.5. The number of aromatic nitrogens is 2. The van der Waals surface area contributed by atoms with Gasteiger partial charge < -0.3 is 24.5 Å². The number of rotatable bonds is 7. The van der Waals surface area contributed by atoms with Gasteiger partial charge >= 0.3 is 5.69 Å². The third kappa shape index (κ3) is 4.48. The normalized spacial score (nSPS) is 16.6. The number of nitrogens with one attached hydrogen (secondary N) is 1. The van der Waals surface area contributed by atoms with Crippen LogP contribution in [0.25, 0.3) is 11.0 Å². The highest BCUT2D eigenvalue weighted by atomic mass is 35.5. The highest BCUT2D eigenvalue weighted by Gasteiger charge is 2.25. The number of fused-ring (bicyclic) bond motifs is 1. The van der Waals surface area contributed by atoms with Crippen LogP contribution in [0.2, 0.25) is 5.02 Å². The predicted octanol–water partition coefficient (Wildman–Crippen LogP) is 3.07. The van der Waals surface area contributed by atoms with Gasteiger partial charge in [-0.3, -0.25) is 4.57 Å². The van der Waals surface area contributed by atoms with Gasteiger partial charge in [-0.15, -0.1) is 0 Å². The molecule has 0 aliphatic carbocycles. The molecule has 30 heavy (non-hydrogen) atoms. The molecule has 1 unspecified atom stereocenters. The molecule has 1 fully saturated rings. The molecule has 1 aliphatic rings. The number of hydrogen-bond donors (Lipinski definition) is 2. The van der Waals surface area contributed by atoms with E-state index in [4.69, 9.17) is 21.1 Å². The van der Waals surface area contributed by atoms with Crippen molar-refractivity contribution in [1.82, 2.24) is 14.5 Å². The molecule has 3 aromatic rings. The summed E-state index contributed by atoms with van der Waals surface area (Å²) in [5.74, 6) is 1.27.